The van der Waals surface area contributed by atoms with Crippen LogP contribution < -0.4 is 12.4 Å². The summed E-state index contributed by atoms with van der Waals surface area (Å²) in [5, 5.41) is 0. The topological polar surface area (TPSA) is 0 Å². The smallest absolute Gasteiger partial charge is 0.104 e. The van der Waals surface area contributed by atoms with Gasteiger partial charge in [0.15, 0.2) is 0 Å². The highest BCUT2D eigenvalue weighted by Crippen LogP contribution is 2.41. The van der Waals surface area contributed by atoms with Crippen molar-refractivity contribution < 1.29 is 16.9 Å². The Morgan fingerprint density at radius 1 is 1.40 bits per heavy atom. The van der Waals surface area contributed by atoms with Gasteiger partial charge in [0.05, 0.1) is 20.6 Å². The molecule has 0 heterocycles. The van der Waals surface area contributed by atoms with Gasteiger partial charge in [-0.3, -0.25) is 0 Å². The van der Waals surface area contributed by atoms with Crippen molar-refractivity contribution in [3.63, 3.8) is 0 Å². The van der Waals surface area contributed by atoms with Gasteiger partial charge in [-0.1, -0.05) is 38.5 Å². The molecule has 0 N–H and O–H groups in total. The van der Waals surface area contributed by atoms with Crippen LogP contribution in [0.25, 0.3) is 0 Å². The van der Waals surface area contributed by atoms with E-state index in [0.717, 1.165) is 4.48 Å². The maximum absolute atomic E-state index is 2.48. The van der Waals surface area contributed by atoms with Gasteiger partial charge in [-0.05, 0) is 44.6 Å². The first-order valence-electron chi connectivity index (χ1n) is 7.88. The van der Waals surface area contributed by atoms with E-state index in [2.05, 4.69) is 66.9 Å². The lowest BCUT2D eigenvalue weighted by Crippen LogP contribution is -3.00. The molecule has 20 heavy (non-hydrogen) atoms. The molecule has 2 atom stereocenters. The molecule has 0 bridgehead atoms. The SMILES string of the molecule is CCC[N+](C)(C)C(C)C=CC1C(C)=CCCC1(C)C.[Cl-]. The molecule has 1 nitrogen and oxygen atoms in total. The minimum Gasteiger partial charge on any atom is -1.00 e. The molecule has 118 valence electrons. The summed E-state index contributed by atoms with van der Waals surface area (Å²) in [6.07, 6.45) is 11.2. The molecular weight excluding hydrogens is 266 g/mol. The molecule has 0 spiro atoms. The summed E-state index contributed by atoms with van der Waals surface area (Å²) in [6, 6.07) is 0.588. The van der Waals surface area contributed by atoms with Gasteiger partial charge < -0.3 is 16.9 Å². The molecule has 0 aromatic rings. The number of halogens is 1. The fourth-order valence-corrected chi connectivity index (χ4v) is 3.27. The predicted molar refractivity (Wildman–Crippen MR) is 86.1 cm³/mol. The Bertz CT molecular complexity index is 352. The van der Waals surface area contributed by atoms with Crippen LogP contribution >= 0.6 is 0 Å². The molecule has 2 unspecified atom stereocenters. The highest BCUT2D eigenvalue weighted by atomic mass is 35.5. The number of rotatable bonds is 5. The zero-order valence-electron chi connectivity index (χ0n) is 14.5. The van der Waals surface area contributed by atoms with Gasteiger partial charge in [-0.2, -0.15) is 0 Å². The second-order valence-electron chi connectivity index (χ2n) is 7.58. The highest BCUT2D eigenvalue weighted by molar-refractivity contribution is 5.19. The second kappa shape index (κ2) is 7.66. The van der Waals surface area contributed by atoms with E-state index in [4.69, 9.17) is 0 Å². The molecule has 1 aliphatic rings. The van der Waals surface area contributed by atoms with E-state index >= 15 is 0 Å². The number of hydrogen-bond donors (Lipinski definition) is 0. The summed E-state index contributed by atoms with van der Waals surface area (Å²) in [6.45, 7) is 13.0. The Morgan fingerprint density at radius 2 is 2.00 bits per heavy atom. The van der Waals surface area contributed by atoms with Crippen molar-refractivity contribution in [2.75, 3.05) is 20.6 Å². The minimum absolute atomic E-state index is 0. The Kier molecular flexibility index (Phi) is 7.55. The van der Waals surface area contributed by atoms with Gasteiger partial charge in [0.1, 0.15) is 6.04 Å². The van der Waals surface area contributed by atoms with Crippen LogP contribution in [0.1, 0.15) is 53.9 Å². The number of hydrogen-bond acceptors (Lipinski definition) is 0. The maximum Gasteiger partial charge on any atom is 0.104 e. The molecule has 0 aliphatic heterocycles. The average molecular weight is 300 g/mol. The zero-order chi connectivity index (χ0) is 14.7. The molecule has 1 aliphatic carbocycles. The molecular formula is C18H34ClN. The van der Waals surface area contributed by atoms with E-state index in [1.807, 2.05) is 0 Å². The second-order valence-corrected chi connectivity index (χ2v) is 7.58. The van der Waals surface area contributed by atoms with Crippen molar-refractivity contribution in [1.29, 1.82) is 0 Å². The Balaban J connectivity index is 0.00000361. The number of allylic oxidation sites excluding steroid dienone is 3. The first kappa shape index (κ1) is 19.7. The van der Waals surface area contributed by atoms with Crippen molar-refractivity contribution >= 4 is 0 Å². The molecule has 0 saturated carbocycles. The fraction of sp³-hybridized carbons (Fsp3) is 0.778. The van der Waals surface area contributed by atoms with Gasteiger partial charge in [0.25, 0.3) is 0 Å². The summed E-state index contributed by atoms with van der Waals surface area (Å²) < 4.78 is 1.09. The highest BCUT2D eigenvalue weighted by Gasteiger charge is 2.31. The molecule has 0 saturated heterocycles. The molecule has 0 aromatic carbocycles. The van der Waals surface area contributed by atoms with Gasteiger partial charge in [0.2, 0.25) is 0 Å². The van der Waals surface area contributed by atoms with Crippen LogP contribution in [0.4, 0.5) is 0 Å². The zero-order valence-corrected chi connectivity index (χ0v) is 15.3. The Labute approximate surface area is 133 Å². The third-order valence-electron chi connectivity index (χ3n) is 5.07. The average Bonchev–Trinajstić information content (AvgIpc) is 2.27. The Hall–Kier alpha value is -0.270. The summed E-state index contributed by atoms with van der Waals surface area (Å²) in [4.78, 5) is 0. The van der Waals surface area contributed by atoms with Gasteiger partial charge in [-0.15, -0.1) is 0 Å². The lowest BCUT2D eigenvalue weighted by molar-refractivity contribution is -0.906. The first-order chi connectivity index (χ1) is 8.70. The Morgan fingerprint density at radius 3 is 2.50 bits per heavy atom. The molecule has 0 aromatic heterocycles. The van der Waals surface area contributed by atoms with Crippen LogP contribution in [0.15, 0.2) is 23.8 Å². The molecule has 0 radical (unpaired) electrons. The van der Waals surface area contributed by atoms with E-state index in [-0.39, 0.29) is 12.4 Å². The van der Waals surface area contributed by atoms with Gasteiger partial charge in [-0.25, -0.2) is 0 Å². The van der Waals surface area contributed by atoms with E-state index in [1.54, 1.807) is 5.57 Å². The van der Waals surface area contributed by atoms with Crippen molar-refractivity contribution in [2.45, 2.75) is 59.9 Å². The number of likely N-dealkylation sites (N-methyl/N-ethyl adjacent to an activating group) is 1. The third-order valence-corrected chi connectivity index (χ3v) is 5.07. The van der Waals surface area contributed by atoms with Crippen molar-refractivity contribution in [1.82, 2.24) is 0 Å². The number of nitrogens with zero attached hydrogens (tertiary/aromatic N) is 1. The van der Waals surface area contributed by atoms with Crippen LogP contribution in [-0.4, -0.2) is 31.2 Å². The molecule has 1 rings (SSSR count). The van der Waals surface area contributed by atoms with Crippen LogP contribution in [0.2, 0.25) is 0 Å². The monoisotopic (exact) mass is 299 g/mol. The van der Waals surface area contributed by atoms with Crippen LogP contribution in [0.3, 0.4) is 0 Å². The number of quaternary nitrogens is 1. The predicted octanol–water partition coefficient (Wildman–Crippen LogP) is 1.80. The summed E-state index contributed by atoms with van der Waals surface area (Å²) in [5.74, 6) is 0.616. The lowest BCUT2D eigenvalue weighted by Gasteiger charge is -2.38. The van der Waals surface area contributed by atoms with Crippen LogP contribution in [-0.2, 0) is 0 Å². The van der Waals surface area contributed by atoms with Crippen LogP contribution in [0.5, 0.6) is 0 Å². The largest absolute Gasteiger partial charge is 1.00 e. The third kappa shape index (κ3) is 4.93. The summed E-state index contributed by atoms with van der Waals surface area (Å²) >= 11 is 0. The van der Waals surface area contributed by atoms with Crippen LogP contribution in [0, 0.1) is 11.3 Å². The van der Waals surface area contributed by atoms with Crippen molar-refractivity contribution in [3.05, 3.63) is 23.8 Å². The first-order valence-corrected chi connectivity index (χ1v) is 7.88. The maximum atomic E-state index is 2.48. The minimum atomic E-state index is 0. The summed E-state index contributed by atoms with van der Waals surface area (Å²) in [5.41, 5.74) is 1.97. The molecule has 0 amide bonds. The molecule has 2 heteroatoms. The fourth-order valence-electron chi connectivity index (χ4n) is 3.27. The van der Waals surface area contributed by atoms with Crippen molar-refractivity contribution in [3.8, 4) is 0 Å². The quantitative estimate of drug-likeness (QED) is 0.536. The molecule has 0 fully saturated rings. The van der Waals surface area contributed by atoms with Gasteiger partial charge >= 0.3 is 0 Å². The van der Waals surface area contributed by atoms with E-state index < -0.39 is 0 Å². The van der Waals surface area contributed by atoms with E-state index in [0.29, 0.717) is 17.4 Å². The van der Waals surface area contributed by atoms with E-state index in [1.165, 1.54) is 25.8 Å². The standard InChI is InChI=1S/C18H34N.ClH/c1-8-14-19(6,7)16(3)11-12-17-15(2)10-9-13-18(17,4)5;/h10-12,16-17H,8-9,13-14H2,1-7H3;1H/q+1;/p-1. The van der Waals surface area contributed by atoms with E-state index in [9.17, 15) is 0 Å². The lowest BCUT2D eigenvalue weighted by atomic mass is 9.68. The van der Waals surface area contributed by atoms with Gasteiger partial charge in [0, 0.05) is 5.92 Å². The summed E-state index contributed by atoms with van der Waals surface area (Å²) in [7, 11) is 4.68. The normalized spacial score (nSPS) is 24.1. The van der Waals surface area contributed by atoms with Crippen molar-refractivity contribution in [2.24, 2.45) is 11.3 Å².